The van der Waals surface area contributed by atoms with E-state index >= 15 is 0 Å². The summed E-state index contributed by atoms with van der Waals surface area (Å²) in [6.45, 7) is 6.59. The molecule has 5 heteroatoms. The maximum absolute atomic E-state index is 11.8. The second-order valence-electron chi connectivity index (χ2n) is 6.20. The first-order chi connectivity index (χ1) is 7.77. The van der Waals surface area contributed by atoms with Crippen LogP contribution < -0.4 is 10.6 Å². The van der Waals surface area contributed by atoms with Crippen molar-refractivity contribution in [3.63, 3.8) is 0 Å². The highest BCUT2D eigenvalue weighted by Gasteiger charge is 2.58. The summed E-state index contributed by atoms with van der Waals surface area (Å²) in [6, 6.07) is 0. The van der Waals surface area contributed by atoms with Gasteiger partial charge < -0.3 is 20.5 Å². The molecule has 1 aliphatic carbocycles. The van der Waals surface area contributed by atoms with E-state index < -0.39 is 22.8 Å². The highest BCUT2D eigenvalue weighted by Crippen LogP contribution is 2.43. The minimum atomic E-state index is -0.803. The number of hydrogen-bond acceptors (Lipinski definition) is 4. The van der Waals surface area contributed by atoms with Crippen molar-refractivity contribution in [2.24, 2.45) is 0 Å². The van der Waals surface area contributed by atoms with E-state index in [4.69, 9.17) is 4.74 Å². The Morgan fingerprint density at radius 1 is 1.35 bits per heavy atom. The lowest BCUT2D eigenvalue weighted by Gasteiger charge is -2.57. The molecule has 5 nitrogen and oxygen atoms in total. The summed E-state index contributed by atoms with van der Waals surface area (Å²) < 4.78 is 5.25. The molecule has 1 saturated carbocycles. The number of amides is 1. The van der Waals surface area contributed by atoms with E-state index in [1.807, 2.05) is 20.8 Å². The van der Waals surface area contributed by atoms with Crippen molar-refractivity contribution in [3.05, 3.63) is 0 Å². The minimum absolute atomic E-state index is 0.433. The Balaban J connectivity index is 1.98. The van der Waals surface area contributed by atoms with Gasteiger partial charge in [0.15, 0.2) is 0 Å². The summed E-state index contributed by atoms with van der Waals surface area (Å²) in [5.74, 6) is 0. The molecule has 2 aliphatic rings. The number of alkyl carbamates (subject to hydrolysis) is 1. The first-order valence-electron chi connectivity index (χ1n) is 6.21. The monoisotopic (exact) mass is 242 g/mol. The number of hydrogen-bond donors (Lipinski definition) is 3. The van der Waals surface area contributed by atoms with Gasteiger partial charge in [0.2, 0.25) is 0 Å². The van der Waals surface area contributed by atoms with Crippen LogP contribution in [0.25, 0.3) is 0 Å². The van der Waals surface area contributed by atoms with Crippen LogP contribution >= 0.6 is 0 Å². The molecule has 2 fully saturated rings. The Morgan fingerprint density at radius 2 is 1.94 bits per heavy atom. The Kier molecular flexibility index (Phi) is 2.86. The van der Waals surface area contributed by atoms with Crippen LogP contribution in [-0.4, -0.2) is 41.0 Å². The second kappa shape index (κ2) is 3.85. The summed E-state index contributed by atoms with van der Waals surface area (Å²) in [5.41, 5.74) is -1.79. The van der Waals surface area contributed by atoms with Gasteiger partial charge in [-0.1, -0.05) is 0 Å². The molecule has 0 aromatic carbocycles. The first kappa shape index (κ1) is 12.6. The Hall–Kier alpha value is -0.810. The maximum atomic E-state index is 11.8. The third-order valence-electron chi connectivity index (χ3n) is 3.67. The predicted octanol–water partition coefficient (Wildman–Crippen LogP) is 0.768. The molecule has 1 amide bonds. The van der Waals surface area contributed by atoms with Crippen molar-refractivity contribution < 1.29 is 14.6 Å². The van der Waals surface area contributed by atoms with Crippen molar-refractivity contribution in [2.45, 2.75) is 56.8 Å². The summed E-state index contributed by atoms with van der Waals surface area (Å²) in [5, 5.41) is 16.3. The Labute approximate surface area is 102 Å². The Morgan fingerprint density at radius 3 is 2.24 bits per heavy atom. The fourth-order valence-electron chi connectivity index (χ4n) is 2.44. The molecule has 1 saturated heterocycles. The van der Waals surface area contributed by atoms with Crippen LogP contribution in [0.2, 0.25) is 0 Å². The zero-order chi connectivity index (χ0) is 12.7. The highest BCUT2D eigenvalue weighted by atomic mass is 16.6. The van der Waals surface area contributed by atoms with Crippen LogP contribution in [-0.2, 0) is 4.74 Å². The molecule has 0 aromatic heterocycles. The van der Waals surface area contributed by atoms with Crippen LogP contribution in [0.3, 0.4) is 0 Å². The van der Waals surface area contributed by atoms with E-state index in [2.05, 4.69) is 10.6 Å². The lowest BCUT2D eigenvalue weighted by molar-refractivity contribution is -0.121. The fraction of sp³-hybridized carbons (Fsp3) is 0.917. The fourth-order valence-corrected chi connectivity index (χ4v) is 2.44. The smallest absolute Gasteiger partial charge is 0.408 e. The predicted molar refractivity (Wildman–Crippen MR) is 63.8 cm³/mol. The largest absolute Gasteiger partial charge is 0.444 e. The molecule has 0 spiro atoms. The summed E-state index contributed by atoms with van der Waals surface area (Å²) >= 11 is 0. The molecule has 1 aliphatic heterocycles. The number of carbonyl (C=O) groups excluding carboxylic acids is 1. The minimum Gasteiger partial charge on any atom is -0.444 e. The van der Waals surface area contributed by atoms with Crippen molar-refractivity contribution >= 4 is 6.09 Å². The van der Waals surface area contributed by atoms with Gasteiger partial charge in [0.05, 0.1) is 5.54 Å². The molecule has 0 radical (unpaired) electrons. The zero-order valence-electron chi connectivity index (χ0n) is 10.8. The summed E-state index contributed by atoms with van der Waals surface area (Å²) in [6.07, 6.45) is 2.25. The number of β-amino-alcohol motifs (C(OH)–C–C–N with tert-alkyl or cyclic N) is 1. The maximum Gasteiger partial charge on any atom is 0.408 e. The molecule has 17 heavy (non-hydrogen) atoms. The molecule has 0 atom stereocenters. The van der Waals surface area contributed by atoms with Crippen LogP contribution in [0.1, 0.15) is 40.0 Å². The van der Waals surface area contributed by atoms with Gasteiger partial charge in [-0.15, -0.1) is 0 Å². The van der Waals surface area contributed by atoms with Gasteiger partial charge in [-0.05, 0) is 40.0 Å². The average molecular weight is 242 g/mol. The van der Waals surface area contributed by atoms with Crippen LogP contribution in [0, 0.1) is 0 Å². The average Bonchev–Trinajstić information content (AvgIpc) is 2.04. The lowest BCUT2D eigenvalue weighted by Crippen LogP contribution is -2.79. The number of rotatable bonds is 2. The molecule has 3 N–H and O–H groups in total. The molecule has 2 rings (SSSR count). The second-order valence-corrected chi connectivity index (χ2v) is 6.20. The molecular formula is C12H22N2O3. The molecular weight excluding hydrogens is 220 g/mol. The van der Waals surface area contributed by atoms with Gasteiger partial charge in [-0.2, -0.15) is 0 Å². The number of nitrogens with one attached hydrogen (secondary N) is 2. The SMILES string of the molecule is CC(C)(C)OC(=O)NC1(C2(O)CNC2)CCC1. The van der Waals surface area contributed by atoms with Crippen molar-refractivity contribution in [1.29, 1.82) is 0 Å². The third kappa shape index (κ3) is 2.26. The van der Waals surface area contributed by atoms with Crippen molar-refractivity contribution in [2.75, 3.05) is 13.1 Å². The van der Waals surface area contributed by atoms with E-state index in [-0.39, 0.29) is 0 Å². The number of ether oxygens (including phenoxy) is 1. The highest BCUT2D eigenvalue weighted by molar-refractivity contribution is 5.69. The number of carbonyl (C=O) groups is 1. The van der Waals surface area contributed by atoms with Crippen LogP contribution in [0.4, 0.5) is 4.79 Å². The summed E-state index contributed by atoms with van der Waals surface area (Å²) in [4.78, 5) is 11.8. The van der Waals surface area contributed by atoms with Gasteiger partial charge in [-0.3, -0.25) is 0 Å². The van der Waals surface area contributed by atoms with Gasteiger partial charge in [0, 0.05) is 13.1 Å². The standard InChI is InChI=1S/C12H22N2O3/c1-10(2,3)17-9(15)14-11(5-4-6-11)12(16)7-13-8-12/h13,16H,4-8H2,1-3H3,(H,14,15). The van der Waals surface area contributed by atoms with Crippen LogP contribution in [0.5, 0.6) is 0 Å². The van der Waals surface area contributed by atoms with Gasteiger partial charge in [-0.25, -0.2) is 4.79 Å². The van der Waals surface area contributed by atoms with E-state index in [1.165, 1.54) is 0 Å². The molecule has 98 valence electrons. The lowest BCUT2D eigenvalue weighted by atomic mass is 9.63. The molecule has 0 aromatic rings. The van der Waals surface area contributed by atoms with Crippen molar-refractivity contribution in [1.82, 2.24) is 10.6 Å². The Bertz CT molecular complexity index is 314. The van der Waals surface area contributed by atoms with Crippen molar-refractivity contribution in [3.8, 4) is 0 Å². The zero-order valence-corrected chi connectivity index (χ0v) is 10.8. The van der Waals surface area contributed by atoms with E-state index in [9.17, 15) is 9.90 Å². The molecule has 1 heterocycles. The van der Waals surface area contributed by atoms with Crippen LogP contribution in [0.15, 0.2) is 0 Å². The third-order valence-corrected chi connectivity index (χ3v) is 3.67. The molecule has 0 bridgehead atoms. The number of aliphatic hydroxyl groups is 1. The van der Waals surface area contributed by atoms with Gasteiger partial charge >= 0.3 is 6.09 Å². The summed E-state index contributed by atoms with van der Waals surface area (Å²) in [7, 11) is 0. The normalized spacial score (nSPS) is 25.4. The van der Waals surface area contributed by atoms with E-state index in [0.717, 1.165) is 19.3 Å². The van der Waals surface area contributed by atoms with E-state index in [0.29, 0.717) is 13.1 Å². The van der Waals surface area contributed by atoms with Gasteiger partial charge in [0.25, 0.3) is 0 Å². The van der Waals surface area contributed by atoms with Gasteiger partial charge in [0.1, 0.15) is 11.2 Å². The van der Waals surface area contributed by atoms with E-state index in [1.54, 1.807) is 0 Å². The topological polar surface area (TPSA) is 70.6 Å². The molecule has 0 unspecified atom stereocenters. The first-order valence-corrected chi connectivity index (χ1v) is 6.21. The quantitative estimate of drug-likeness (QED) is 0.669.